The summed E-state index contributed by atoms with van der Waals surface area (Å²) in [7, 11) is 0. The number of aryl methyl sites for hydroxylation is 2. The molecule has 34 heavy (non-hydrogen) atoms. The van der Waals surface area contributed by atoms with Gasteiger partial charge in [-0.05, 0) is 50.2 Å². The minimum Gasteiger partial charge on any atom is -0.368 e. The molecule has 178 valence electrons. The fraction of sp³-hybridized carbons (Fsp3) is 0.240. The first-order chi connectivity index (χ1) is 16.2. The second-order valence-electron chi connectivity index (χ2n) is 8.27. The minimum absolute atomic E-state index is 0.0730. The normalized spacial score (nSPS) is 13.9. The first-order valence-corrected chi connectivity index (χ1v) is 10.7. The molecule has 1 aliphatic heterocycles. The van der Waals surface area contributed by atoms with Crippen LogP contribution in [0.3, 0.4) is 0 Å². The Morgan fingerprint density at radius 1 is 0.706 bits per heavy atom. The second kappa shape index (κ2) is 9.32. The van der Waals surface area contributed by atoms with Crippen LogP contribution in [0.4, 0.5) is 39.0 Å². The average Bonchev–Trinajstić information content (AvgIpc) is 2.82. The van der Waals surface area contributed by atoms with E-state index in [0.29, 0.717) is 24.3 Å². The molecule has 4 nitrogen and oxygen atoms in total. The Balaban J connectivity index is 1.42. The van der Waals surface area contributed by atoms with Crippen molar-refractivity contribution in [2.45, 2.75) is 13.8 Å². The van der Waals surface area contributed by atoms with Crippen molar-refractivity contribution in [2.75, 3.05) is 41.3 Å². The molecule has 0 radical (unpaired) electrons. The quantitative estimate of drug-likeness (QED) is 0.304. The maximum absolute atomic E-state index is 14.1. The number of piperazine rings is 1. The summed E-state index contributed by atoms with van der Waals surface area (Å²) in [6.45, 7) is 4.61. The third-order valence-corrected chi connectivity index (χ3v) is 5.76. The van der Waals surface area contributed by atoms with Crippen LogP contribution in [0.25, 0.3) is 0 Å². The Morgan fingerprint density at radius 2 is 1.18 bits per heavy atom. The lowest BCUT2D eigenvalue weighted by atomic mass is 10.1. The van der Waals surface area contributed by atoms with E-state index < -0.39 is 34.8 Å². The highest BCUT2D eigenvalue weighted by Crippen LogP contribution is 2.31. The van der Waals surface area contributed by atoms with Gasteiger partial charge in [-0.1, -0.05) is 17.2 Å². The van der Waals surface area contributed by atoms with Crippen LogP contribution in [0.15, 0.2) is 42.5 Å². The Hall–Kier alpha value is -3.62. The van der Waals surface area contributed by atoms with Crippen LogP contribution in [0.5, 0.6) is 0 Å². The minimum atomic E-state index is -2.16. The lowest BCUT2D eigenvalue weighted by Crippen LogP contribution is -2.47. The van der Waals surface area contributed by atoms with Gasteiger partial charge >= 0.3 is 0 Å². The molecule has 1 saturated heterocycles. The summed E-state index contributed by atoms with van der Waals surface area (Å²) in [5, 5.41) is 2.85. The molecule has 1 N–H and O–H groups in total. The van der Waals surface area contributed by atoms with Gasteiger partial charge in [0.15, 0.2) is 23.3 Å². The largest absolute Gasteiger partial charge is 0.368 e. The number of carbonyl (C=O) groups is 1. The first-order valence-electron chi connectivity index (χ1n) is 10.7. The SMILES string of the molecule is Cc1cc(C)cc(C(=O)Nc2ccc(N3CCN(c4c(F)c(F)c(F)c(F)c4F)CC3)cc2)c1. The molecule has 3 aromatic rings. The van der Waals surface area contributed by atoms with Gasteiger partial charge in [0.05, 0.1) is 0 Å². The van der Waals surface area contributed by atoms with Crippen molar-refractivity contribution >= 4 is 23.0 Å². The lowest BCUT2D eigenvalue weighted by molar-refractivity contribution is 0.102. The summed E-state index contributed by atoms with van der Waals surface area (Å²) in [6, 6.07) is 12.7. The van der Waals surface area contributed by atoms with Gasteiger partial charge in [-0.2, -0.15) is 0 Å². The standard InChI is InChI=1S/C25H22F5N3O/c1-14-11-15(2)13-16(12-14)25(34)31-17-3-5-18(6-4-17)32-7-9-33(10-8-32)24-22(29)20(27)19(26)21(28)23(24)30/h3-6,11-13H,7-10H2,1-2H3,(H,31,34). The first kappa shape index (κ1) is 23.5. The molecule has 9 heteroatoms. The van der Waals surface area contributed by atoms with Gasteiger partial charge < -0.3 is 15.1 Å². The zero-order chi connectivity index (χ0) is 24.6. The molecule has 1 amide bonds. The van der Waals surface area contributed by atoms with Gasteiger partial charge in [0.25, 0.3) is 5.91 Å². The topological polar surface area (TPSA) is 35.6 Å². The second-order valence-corrected chi connectivity index (χ2v) is 8.27. The molecule has 0 atom stereocenters. The zero-order valence-electron chi connectivity index (χ0n) is 18.6. The molecule has 3 aromatic carbocycles. The van der Waals surface area contributed by atoms with Crippen LogP contribution < -0.4 is 15.1 Å². The number of hydrogen-bond acceptors (Lipinski definition) is 3. The van der Waals surface area contributed by atoms with Crippen LogP contribution in [-0.2, 0) is 0 Å². The third kappa shape index (κ3) is 4.55. The predicted octanol–water partition coefficient (Wildman–Crippen LogP) is 5.58. The maximum atomic E-state index is 14.1. The van der Waals surface area contributed by atoms with E-state index in [1.54, 1.807) is 36.4 Å². The Labute approximate surface area is 193 Å². The number of benzene rings is 3. The van der Waals surface area contributed by atoms with Gasteiger partial charge in [-0.15, -0.1) is 0 Å². The van der Waals surface area contributed by atoms with E-state index in [9.17, 15) is 26.7 Å². The summed E-state index contributed by atoms with van der Waals surface area (Å²) in [5.41, 5.74) is 3.05. The molecular formula is C25H22F5N3O. The number of nitrogens with one attached hydrogen (secondary N) is 1. The van der Waals surface area contributed by atoms with Crippen molar-refractivity contribution < 1.29 is 26.7 Å². The number of anilines is 3. The van der Waals surface area contributed by atoms with E-state index in [4.69, 9.17) is 0 Å². The highest BCUT2D eigenvalue weighted by molar-refractivity contribution is 6.04. The number of hydrogen-bond donors (Lipinski definition) is 1. The summed E-state index contributed by atoms with van der Waals surface area (Å²) in [6.07, 6.45) is 0. The van der Waals surface area contributed by atoms with E-state index in [1.165, 1.54) is 0 Å². The predicted molar refractivity (Wildman–Crippen MR) is 121 cm³/mol. The number of amides is 1. The van der Waals surface area contributed by atoms with E-state index in [2.05, 4.69) is 5.32 Å². The summed E-state index contributed by atoms with van der Waals surface area (Å²) < 4.78 is 68.6. The molecule has 0 spiro atoms. The average molecular weight is 475 g/mol. The Kier molecular flexibility index (Phi) is 6.45. The molecule has 0 aromatic heterocycles. The van der Waals surface area contributed by atoms with Crippen LogP contribution in [0, 0.1) is 42.9 Å². The summed E-state index contributed by atoms with van der Waals surface area (Å²) in [5.74, 6) is -9.94. The van der Waals surface area contributed by atoms with E-state index in [0.717, 1.165) is 21.7 Å². The number of nitrogens with zero attached hydrogens (tertiary/aromatic N) is 2. The van der Waals surface area contributed by atoms with Crippen LogP contribution in [0.1, 0.15) is 21.5 Å². The van der Waals surface area contributed by atoms with Crippen molar-refractivity contribution in [1.82, 2.24) is 0 Å². The molecule has 1 heterocycles. The smallest absolute Gasteiger partial charge is 0.255 e. The fourth-order valence-electron chi connectivity index (χ4n) is 4.12. The van der Waals surface area contributed by atoms with Crippen molar-refractivity contribution in [3.63, 3.8) is 0 Å². The van der Waals surface area contributed by atoms with Gasteiger partial charge in [-0.25, -0.2) is 22.0 Å². The van der Waals surface area contributed by atoms with Crippen LogP contribution >= 0.6 is 0 Å². The monoisotopic (exact) mass is 475 g/mol. The molecule has 1 fully saturated rings. The molecule has 0 bridgehead atoms. The fourth-order valence-corrected chi connectivity index (χ4v) is 4.12. The van der Waals surface area contributed by atoms with Gasteiger partial charge in [0.1, 0.15) is 5.69 Å². The lowest BCUT2D eigenvalue weighted by Gasteiger charge is -2.37. The molecule has 0 unspecified atom stereocenters. The van der Waals surface area contributed by atoms with E-state index in [-0.39, 0.29) is 19.0 Å². The van der Waals surface area contributed by atoms with Crippen molar-refractivity contribution in [2.24, 2.45) is 0 Å². The molecule has 0 aliphatic carbocycles. The molecule has 1 aliphatic rings. The van der Waals surface area contributed by atoms with E-state index in [1.807, 2.05) is 24.8 Å². The Morgan fingerprint density at radius 3 is 1.71 bits per heavy atom. The maximum Gasteiger partial charge on any atom is 0.255 e. The molecule has 4 rings (SSSR count). The zero-order valence-corrected chi connectivity index (χ0v) is 18.6. The van der Waals surface area contributed by atoms with Crippen molar-refractivity contribution in [3.05, 3.63) is 88.2 Å². The van der Waals surface area contributed by atoms with Gasteiger partial charge in [0, 0.05) is 43.1 Å². The summed E-state index contributed by atoms with van der Waals surface area (Å²) >= 11 is 0. The number of rotatable bonds is 4. The highest BCUT2D eigenvalue weighted by atomic mass is 19.2. The van der Waals surface area contributed by atoms with Crippen molar-refractivity contribution in [3.8, 4) is 0 Å². The van der Waals surface area contributed by atoms with Gasteiger partial charge in [0.2, 0.25) is 5.82 Å². The van der Waals surface area contributed by atoms with Crippen LogP contribution in [-0.4, -0.2) is 32.1 Å². The summed E-state index contributed by atoms with van der Waals surface area (Å²) in [4.78, 5) is 15.6. The number of carbonyl (C=O) groups excluding carboxylic acids is 1. The van der Waals surface area contributed by atoms with Crippen molar-refractivity contribution in [1.29, 1.82) is 0 Å². The van der Waals surface area contributed by atoms with Gasteiger partial charge in [-0.3, -0.25) is 4.79 Å². The van der Waals surface area contributed by atoms with Crippen LogP contribution in [0.2, 0.25) is 0 Å². The number of halogens is 5. The molecule has 0 saturated carbocycles. The van der Waals surface area contributed by atoms with E-state index >= 15 is 0 Å². The molecular weight excluding hydrogens is 453 g/mol. The third-order valence-electron chi connectivity index (χ3n) is 5.76. The highest BCUT2D eigenvalue weighted by Gasteiger charge is 2.30. The Bertz CT molecular complexity index is 1190.